The van der Waals surface area contributed by atoms with Crippen LogP contribution in [0.4, 0.5) is 34.1 Å². The van der Waals surface area contributed by atoms with Crippen molar-refractivity contribution in [2.45, 2.75) is 6.92 Å². The first-order valence-electron chi connectivity index (χ1n) is 18.4. The van der Waals surface area contributed by atoms with Crippen LogP contribution in [0, 0.1) is 6.92 Å². The van der Waals surface area contributed by atoms with Gasteiger partial charge in [-0.05, 0) is 113 Å². The first-order valence-corrected chi connectivity index (χ1v) is 18.4. The molecule has 0 bridgehead atoms. The minimum absolute atomic E-state index is 0.905. The number of benzene rings is 9. The molecule has 256 valence electrons. The summed E-state index contributed by atoms with van der Waals surface area (Å²) in [6.07, 6.45) is 0. The molecule has 0 aliphatic carbocycles. The Kier molecular flexibility index (Phi) is 7.70. The Morgan fingerprint density at radius 1 is 0.333 bits per heavy atom. The standard InChI is InChI=1S/C51H36N2O/c1-35-20-26-40(27-21-35)53(43-32-33-45-44-16-8-9-17-46(44)51-50(48(45)34-43)47-18-10-11-19-49(47)54-51)42-30-24-37(25-31-42)36-22-28-41(29-23-36)52(38-12-4-2-5-13-38)39-14-6-3-7-15-39/h2-34H,1H3. The molecule has 0 amide bonds. The highest BCUT2D eigenvalue weighted by Gasteiger charge is 2.19. The maximum absolute atomic E-state index is 6.56. The van der Waals surface area contributed by atoms with Gasteiger partial charge >= 0.3 is 0 Å². The van der Waals surface area contributed by atoms with Gasteiger partial charge in [-0.25, -0.2) is 0 Å². The summed E-state index contributed by atoms with van der Waals surface area (Å²) in [5.74, 6) is 0. The van der Waals surface area contributed by atoms with Crippen LogP contribution in [0.25, 0.3) is 54.6 Å². The van der Waals surface area contributed by atoms with Crippen LogP contribution in [0.1, 0.15) is 5.56 Å². The molecule has 0 aliphatic rings. The topological polar surface area (TPSA) is 19.6 Å². The molecule has 0 radical (unpaired) electrons. The summed E-state index contributed by atoms with van der Waals surface area (Å²) in [5, 5.41) is 7.01. The predicted octanol–water partition coefficient (Wildman–Crippen LogP) is 14.8. The zero-order chi connectivity index (χ0) is 36.0. The van der Waals surface area contributed by atoms with Crippen LogP contribution in [-0.2, 0) is 0 Å². The minimum Gasteiger partial charge on any atom is -0.455 e. The Bertz CT molecular complexity index is 2870. The number of fused-ring (bicyclic) bond motifs is 8. The number of anilines is 6. The molecule has 1 aromatic heterocycles. The van der Waals surface area contributed by atoms with E-state index in [0.29, 0.717) is 0 Å². The van der Waals surface area contributed by atoms with Gasteiger partial charge in [0.2, 0.25) is 0 Å². The summed E-state index contributed by atoms with van der Waals surface area (Å²) in [5.41, 5.74) is 12.0. The summed E-state index contributed by atoms with van der Waals surface area (Å²) >= 11 is 0. The molecule has 1 heterocycles. The Hall–Kier alpha value is -7.10. The fourth-order valence-corrected chi connectivity index (χ4v) is 7.88. The van der Waals surface area contributed by atoms with E-state index in [1.807, 2.05) is 6.07 Å². The van der Waals surface area contributed by atoms with Crippen LogP contribution in [0.3, 0.4) is 0 Å². The highest BCUT2D eigenvalue weighted by Crippen LogP contribution is 2.44. The molecular weight excluding hydrogens is 657 g/mol. The van der Waals surface area contributed by atoms with Gasteiger partial charge in [-0.2, -0.15) is 0 Å². The number of furan rings is 1. The van der Waals surface area contributed by atoms with E-state index in [1.54, 1.807) is 0 Å². The van der Waals surface area contributed by atoms with Gasteiger partial charge < -0.3 is 14.2 Å². The Morgan fingerprint density at radius 3 is 1.35 bits per heavy atom. The molecule has 0 aliphatic heterocycles. The third-order valence-electron chi connectivity index (χ3n) is 10.5. The van der Waals surface area contributed by atoms with Crippen LogP contribution in [0.15, 0.2) is 205 Å². The predicted molar refractivity (Wildman–Crippen MR) is 228 cm³/mol. The van der Waals surface area contributed by atoms with Crippen molar-refractivity contribution in [3.8, 4) is 11.1 Å². The van der Waals surface area contributed by atoms with Crippen molar-refractivity contribution in [2.24, 2.45) is 0 Å². The van der Waals surface area contributed by atoms with Crippen molar-refractivity contribution < 1.29 is 4.42 Å². The summed E-state index contributed by atoms with van der Waals surface area (Å²) < 4.78 is 6.56. The van der Waals surface area contributed by atoms with E-state index in [-0.39, 0.29) is 0 Å². The quantitative estimate of drug-likeness (QED) is 0.155. The van der Waals surface area contributed by atoms with Crippen molar-refractivity contribution >= 4 is 77.6 Å². The van der Waals surface area contributed by atoms with Crippen LogP contribution in [0.2, 0.25) is 0 Å². The molecule has 54 heavy (non-hydrogen) atoms. The highest BCUT2D eigenvalue weighted by molar-refractivity contribution is 6.30. The molecule has 0 unspecified atom stereocenters. The molecule has 9 aromatic carbocycles. The first kappa shape index (κ1) is 31.6. The van der Waals surface area contributed by atoms with E-state index in [1.165, 1.54) is 27.3 Å². The normalized spacial score (nSPS) is 11.4. The van der Waals surface area contributed by atoms with Gasteiger partial charge in [-0.1, -0.05) is 127 Å². The molecule has 10 rings (SSSR count). The minimum atomic E-state index is 0.905. The lowest BCUT2D eigenvalue weighted by molar-refractivity contribution is 0.673. The molecule has 3 heteroatoms. The molecule has 0 saturated carbocycles. The van der Waals surface area contributed by atoms with E-state index in [2.05, 4.69) is 211 Å². The van der Waals surface area contributed by atoms with E-state index < -0.39 is 0 Å². The van der Waals surface area contributed by atoms with Crippen molar-refractivity contribution in [3.05, 3.63) is 206 Å². The molecule has 3 nitrogen and oxygen atoms in total. The van der Waals surface area contributed by atoms with E-state index in [4.69, 9.17) is 4.42 Å². The smallest absolute Gasteiger partial charge is 0.143 e. The van der Waals surface area contributed by atoms with Crippen molar-refractivity contribution in [3.63, 3.8) is 0 Å². The lowest BCUT2D eigenvalue weighted by Gasteiger charge is -2.26. The summed E-state index contributed by atoms with van der Waals surface area (Å²) in [6, 6.07) is 71.4. The maximum Gasteiger partial charge on any atom is 0.143 e. The van der Waals surface area contributed by atoms with Gasteiger partial charge in [0.05, 0.1) is 0 Å². The van der Waals surface area contributed by atoms with E-state index >= 15 is 0 Å². The number of rotatable bonds is 7. The van der Waals surface area contributed by atoms with Crippen molar-refractivity contribution in [2.75, 3.05) is 9.80 Å². The molecule has 0 saturated heterocycles. The average Bonchev–Trinajstić information content (AvgIpc) is 3.64. The second kappa shape index (κ2) is 13.1. The van der Waals surface area contributed by atoms with Gasteiger partial charge in [-0.3, -0.25) is 0 Å². The van der Waals surface area contributed by atoms with E-state index in [9.17, 15) is 0 Å². The van der Waals surface area contributed by atoms with Gasteiger partial charge in [-0.15, -0.1) is 0 Å². The monoisotopic (exact) mass is 692 g/mol. The zero-order valence-electron chi connectivity index (χ0n) is 29.9. The third kappa shape index (κ3) is 5.46. The zero-order valence-corrected chi connectivity index (χ0v) is 29.9. The SMILES string of the molecule is Cc1ccc(N(c2ccc(-c3ccc(N(c4ccccc4)c4ccccc4)cc3)cc2)c2ccc3c4ccccc4c4oc5ccccc5c4c3c2)cc1. The van der Waals surface area contributed by atoms with Crippen LogP contribution in [-0.4, -0.2) is 0 Å². The number of hydrogen-bond acceptors (Lipinski definition) is 3. The lowest BCUT2D eigenvalue weighted by atomic mass is 9.96. The van der Waals surface area contributed by atoms with E-state index in [0.717, 1.165) is 67.0 Å². The second-order valence-corrected chi connectivity index (χ2v) is 13.8. The lowest BCUT2D eigenvalue weighted by Crippen LogP contribution is -2.10. The highest BCUT2D eigenvalue weighted by atomic mass is 16.3. The Labute approximate surface area is 314 Å². The summed E-state index contributed by atoms with van der Waals surface area (Å²) in [7, 11) is 0. The second-order valence-electron chi connectivity index (χ2n) is 13.8. The summed E-state index contributed by atoms with van der Waals surface area (Å²) in [4.78, 5) is 4.64. The third-order valence-corrected chi connectivity index (χ3v) is 10.5. The fraction of sp³-hybridized carbons (Fsp3) is 0.0196. The van der Waals surface area contributed by atoms with Gasteiger partial charge in [0.25, 0.3) is 0 Å². The van der Waals surface area contributed by atoms with Gasteiger partial charge in [0, 0.05) is 50.3 Å². The Balaban J connectivity index is 1.06. The average molecular weight is 693 g/mol. The van der Waals surface area contributed by atoms with Crippen LogP contribution >= 0.6 is 0 Å². The van der Waals surface area contributed by atoms with Crippen LogP contribution < -0.4 is 9.80 Å². The summed E-state index contributed by atoms with van der Waals surface area (Å²) in [6.45, 7) is 2.13. The van der Waals surface area contributed by atoms with Gasteiger partial charge in [0.15, 0.2) is 0 Å². The van der Waals surface area contributed by atoms with Gasteiger partial charge in [0.1, 0.15) is 11.2 Å². The Morgan fingerprint density at radius 2 is 0.759 bits per heavy atom. The van der Waals surface area contributed by atoms with Crippen LogP contribution in [0.5, 0.6) is 0 Å². The molecular formula is C51H36N2O. The number of hydrogen-bond donors (Lipinski definition) is 0. The van der Waals surface area contributed by atoms with Crippen molar-refractivity contribution in [1.29, 1.82) is 0 Å². The first-order chi connectivity index (χ1) is 26.7. The number of aryl methyl sites for hydroxylation is 1. The number of para-hydroxylation sites is 3. The van der Waals surface area contributed by atoms with Crippen molar-refractivity contribution in [1.82, 2.24) is 0 Å². The molecule has 0 N–H and O–H groups in total. The largest absolute Gasteiger partial charge is 0.455 e. The molecule has 10 aromatic rings. The fourth-order valence-electron chi connectivity index (χ4n) is 7.88. The molecule has 0 atom stereocenters. The maximum atomic E-state index is 6.56. The number of nitrogens with zero attached hydrogens (tertiary/aromatic N) is 2. The molecule has 0 spiro atoms. The molecule has 0 fully saturated rings.